The molecule has 0 bridgehead atoms. The third-order valence-electron chi connectivity index (χ3n) is 2.41. The van der Waals surface area contributed by atoms with Crippen LogP contribution in [0.4, 0.5) is 0 Å². The van der Waals surface area contributed by atoms with Crippen molar-refractivity contribution in [2.45, 2.75) is 13.5 Å². The van der Waals surface area contributed by atoms with Crippen molar-refractivity contribution in [3.8, 4) is 10.6 Å². The molecule has 2 rings (SSSR count). The van der Waals surface area contributed by atoms with Crippen LogP contribution in [0, 0.1) is 0 Å². The van der Waals surface area contributed by atoms with Crippen LogP contribution in [0.25, 0.3) is 10.6 Å². The zero-order chi connectivity index (χ0) is 12.3. The molecule has 0 aliphatic heterocycles. The van der Waals surface area contributed by atoms with Crippen LogP contribution in [-0.2, 0) is 11.3 Å². The standard InChI is InChI=1S/C13H13NO2S/c1-9(15)12-8-17-13(14-12)11-6-4-3-5-10(11)7-16-2/h3-6,8H,7H2,1-2H3. The predicted octanol–water partition coefficient (Wildman–Crippen LogP) is 3.16. The monoisotopic (exact) mass is 247 g/mol. The van der Waals surface area contributed by atoms with E-state index in [1.807, 2.05) is 24.3 Å². The maximum Gasteiger partial charge on any atom is 0.178 e. The van der Waals surface area contributed by atoms with Crippen molar-refractivity contribution >= 4 is 17.1 Å². The summed E-state index contributed by atoms with van der Waals surface area (Å²) < 4.78 is 5.15. The number of rotatable bonds is 4. The molecule has 4 heteroatoms. The van der Waals surface area contributed by atoms with Gasteiger partial charge in [-0.2, -0.15) is 0 Å². The van der Waals surface area contributed by atoms with Gasteiger partial charge in [-0.15, -0.1) is 11.3 Å². The predicted molar refractivity (Wildman–Crippen MR) is 68.3 cm³/mol. The van der Waals surface area contributed by atoms with E-state index in [0.29, 0.717) is 12.3 Å². The van der Waals surface area contributed by atoms with E-state index in [0.717, 1.165) is 16.1 Å². The number of hydrogen-bond donors (Lipinski definition) is 0. The summed E-state index contributed by atoms with van der Waals surface area (Å²) in [6.45, 7) is 2.07. The van der Waals surface area contributed by atoms with E-state index in [-0.39, 0.29) is 5.78 Å². The van der Waals surface area contributed by atoms with Gasteiger partial charge in [0.15, 0.2) is 5.78 Å². The minimum Gasteiger partial charge on any atom is -0.380 e. The highest BCUT2D eigenvalue weighted by Crippen LogP contribution is 2.27. The number of ketones is 1. The fourth-order valence-electron chi connectivity index (χ4n) is 1.57. The summed E-state index contributed by atoms with van der Waals surface area (Å²) >= 11 is 1.48. The van der Waals surface area contributed by atoms with E-state index in [4.69, 9.17) is 4.74 Å². The van der Waals surface area contributed by atoms with E-state index >= 15 is 0 Å². The van der Waals surface area contributed by atoms with Crippen molar-refractivity contribution in [3.05, 3.63) is 40.9 Å². The Hall–Kier alpha value is -1.52. The van der Waals surface area contributed by atoms with Gasteiger partial charge >= 0.3 is 0 Å². The lowest BCUT2D eigenvalue weighted by atomic mass is 10.1. The summed E-state index contributed by atoms with van der Waals surface area (Å²) in [6, 6.07) is 7.94. The molecule has 2 aromatic rings. The Kier molecular flexibility index (Phi) is 3.66. The minimum atomic E-state index is -0.00303. The molecular formula is C13H13NO2S. The molecular weight excluding hydrogens is 234 g/mol. The average Bonchev–Trinajstić information content (AvgIpc) is 2.79. The zero-order valence-electron chi connectivity index (χ0n) is 9.77. The molecule has 0 N–H and O–H groups in total. The largest absolute Gasteiger partial charge is 0.380 e. The fraction of sp³-hybridized carbons (Fsp3) is 0.231. The lowest BCUT2D eigenvalue weighted by molar-refractivity contribution is 0.101. The van der Waals surface area contributed by atoms with Gasteiger partial charge in [0.2, 0.25) is 0 Å². The number of thiazole rings is 1. The number of benzene rings is 1. The molecule has 0 spiro atoms. The van der Waals surface area contributed by atoms with Crippen LogP contribution in [0.1, 0.15) is 23.0 Å². The van der Waals surface area contributed by atoms with Gasteiger partial charge in [-0.25, -0.2) is 4.98 Å². The first-order valence-corrected chi connectivity index (χ1v) is 6.14. The zero-order valence-corrected chi connectivity index (χ0v) is 10.6. The lowest BCUT2D eigenvalue weighted by Crippen LogP contribution is -1.94. The summed E-state index contributed by atoms with van der Waals surface area (Å²) in [7, 11) is 1.67. The molecule has 88 valence electrons. The third kappa shape index (κ3) is 2.60. The number of Topliss-reactive ketones (excluding diaryl/α,β-unsaturated/α-hetero) is 1. The Bertz CT molecular complexity index is 534. The van der Waals surface area contributed by atoms with E-state index in [9.17, 15) is 4.79 Å². The molecule has 0 atom stereocenters. The summed E-state index contributed by atoms with van der Waals surface area (Å²) in [5, 5.41) is 2.66. The van der Waals surface area contributed by atoms with Crippen molar-refractivity contribution in [2.75, 3.05) is 7.11 Å². The molecule has 0 fully saturated rings. The summed E-state index contributed by atoms with van der Waals surface area (Å²) in [6.07, 6.45) is 0. The number of carbonyl (C=O) groups is 1. The van der Waals surface area contributed by atoms with Gasteiger partial charge in [0, 0.05) is 25.0 Å². The van der Waals surface area contributed by atoms with Gasteiger partial charge < -0.3 is 4.74 Å². The highest BCUT2D eigenvalue weighted by Gasteiger charge is 2.10. The lowest BCUT2D eigenvalue weighted by Gasteiger charge is -2.05. The molecule has 17 heavy (non-hydrogen) atoms. The number of carbonyl (C=O) groups excluding carboxylic acids is 1. The highest BCUT2D eigenvalue weighted by molar-refractivity contribution is 7.13. The van der Waals surface area contributed by atoms with Crippen molar-refractivity contribution in [2.24, 2.45) is 0 Å². The Morgan fingerprint density at radius 1 is 1.41 bits per heavy atom. The molecule has 0 saturated heterocycles. The number of methoxy groups -OCH3 is 1. The smallest absolute Gasteiger partial charge is 0.178 e. The second-order valence-electron chi connectivity index (χ2n) is 3.68. The van der Waals surface area contributed by atoms with E-state index < -0.39 is 0 Å². The van der Waals surface area contributed by atoms with E-state index in [2.05, 4.69) is 4.98 Å². The van der Waals surface area contributed by atoms with Gasteiger partial charge in [-0.1, -0.05) is 24.3 Å². The topological polar surface area (TPSA) is 39.2 Å². The van der Waals surface area contributed by atoms with Gasteiger partial charge in [0.25, 0.3) is 0 Å². The first-order chi connectivity index (χ1) is 8.22. The molecule has 1 aromatic heterocycles. The summed E-state index contributed by atoms with van der Waals surface area (Å²) in [5.41, 5.74) is 2.64. The highest BCUT2D eigenvalue weighted by atomic mass is 32.1. The molecule has 0 aliphatic rings. The van der Waals surface area contributed by atoms with Crippen molar-refractivity contribution in [1.29, 1.82) is 0 Å². The van der Waals surface area contributed by atoms with Gasteiger partial charge in [0.05, 0.1) is 6.61 Å². The Morgan fingerprint density at radius 2 is 2.18 bits per heavy atom. The molecule has 0 unspecified atom stereocenters. The van der Waals surface area contributed by atoms with Crippen LogP contribution in [0.2, 0.25) is 0 Å². The summed E-state index contributed by atoms with van der Waals surface area (Å²) in [5.74, 6) is -0.00303. The van der Waals surface area contributed by atoms with Crippen molar-refractivity contribution < 1.29 is 9.53 Å². The van der Waals surface area contributed by atoms with Crippen LogP contribution in [0.3, 0.4) is 0 Å². The molecule has 0 saturated carbocycles. The van der Waals surface area contributed by atoms with E-state index in [1.165, 1.54) is 18.3 Å². The normalized spacial score (nSPS) is 10.5. The van der Waals surface area contributed by atoms with Gasteiger partial charge in [-0.05, 0) is 5.56 Å². The molecule has 0 radical (unpaired) electrons. The van der Waals surface area contributed by atoms with Crippen molar-refractivity contribution in [1.82, 2.24) is 4.98 Å². The van der Waals surface area contributed by atoms with Crippen LogP contribution in [0.5, 0.6) is 0 Å². The molecule has 3 nitrogen and oxygen atoms in total. The molecule has 0 aliphatic carbocycles. The number of aromatic nitrogens is 1. The maximum absolute atomic E-state index is 11.2. The Morgan fingerprint density at radius 3 is 2.82 bits per heavy atom. The third-order valence-corrected chi connectivity index (χ3v) is 3.29. The number of ether oxygens (including phenoxy) is 1. The van der Waals surface area contributed by atoms with Gasteiger partial charge in [-0.3, -0.25) is 4.79 Å². The van der Waals surface area contributed by atoms with Crippen molar-refractivity contribution in [3.63, 3.8) is 0 Å². The molecule has 0 amide bonds. The number of nitrogens with zero attached hydrogens (tertiary/aromatic N) is 1. The first-order valence-electron chi connectivity index (χ1n) is 5.26. The van der Waals surface area contributed by atoms with Gasteiger partial charge in [0.1, 0.15) is 10.7 Å². The van der Waals surface area contributed by atoms with E-state index in [1.54, 1.807) is 12.5 Å². The summed E-state index contributed by atoms with van der Waals surface area (Å²) in [4.78, 5) is 15.6. The number of hydrogen-bond acceptors (Lipinski definition) is 4. The fourth-order valence-corrected chi connectivity index (χ4v) is 2.49. The van der Waals surface area contributed by atoms with Crippen LogP contribution < -0.4 is 0 Å². The first kappa shape index (κ1) is 12.0. The second-order valence-corrected chi connectivity index (χ2v) is 4.54. The minimum absolute atomic E-state index is 0.00303. The average molecular weight is 247 g/mol. The molecule has 1 aromatic carbocycles. The second kappa shape index (κ2) is 5.21. The Labute approximate surface area is 104 Å². The van der Waals surface area contributed by atoms with Crippen LogP contribution in [-0.4, -0.2) is 17.9 Å². The van der Waals surface area contributed by atoms with Crippen LogP contribution in [0.15, 0.2) is 29.6 Å². The molecule has 1 heterocycles. The SMILES string of the molecule is COCc1ccccc1-c1nc(C(C)=O)cs1. The Balaban J connectivity index is 2.41. The van der Waals surface area contributed by atoms with Crippen LogP contribution >= 0.6 is 11.3 Å². The maximum atomic E-state index is 11.2. The quantitative estimate of drug-likeness (QED) is 0.779.